The van der Waals surface area contributed by atoms with Crippen LogP contribution in [0.1, 0.15) is 44.5 Å². The average molecular weight is 464 g/mol. The van der Waals surface area contributed by atoms with Gasteiger partial charge in [-0.25, -0.2) is 4.79 Å². The molecule has 176 valence electrons. The molecule has 0 bridgehead atoms. The number of carbonyl (C=O) groups is 2. The third kappa shape index (κ3) is 3.99. The molecule has 1 N–H and O–H groups in total. The fraction of sp³-hybridized carbons (Fsp3) is 0.346. The van der Waals surface area contributed by atoms with Crippen LogP contribution in [0, 0.1) is 0 Å². The molecule has 0 unspecified atom stereocenters. The summed E-state index contributed by atoms with van der Waals surface area (Å²) in [6.45, 7) is 4.83. The number of benzene rings is 2. The van der Waals surface area contributed by atoms with Crippen molar-refractivity contribution in [1.29, 1.82) is 0 Å². The number of nitrogens with one attached hydrogen (secondary N) is 1. The van der Waals surface area contributed by atoms with Crippen molar-refractivity contribution in [1.82, 2.24) is 4.90 Å². The van der Waals surface area contributed by atoms with Gasteiger partial charge in [0.25, 0.3) is 5.91 Å². The first-order chi connectivity index (χ1) is 16.6. The summed E-state index contributed by atoms with van der Waals surface area (Å²) < 4.78 is 16.2. The Bertz CT molecular complexity index is 1280. The van der Waals surface area contributed by atoms with E-state index in [0.29, 0.717) is 28.6 Å². The number of fused-ring (bicyclic) bond motifs is 2. The smallest absolute Gasteiger partial charge is 0.337 e. The highest BCUT2D eigenvalue weighted by molar-refractivity contribution is 5.99. The minimum Gasteiger partial charge on any atom is -0.465 e. The van der Waals surface area contributed by atoms with Crippen LogP contribution >= 0.6 is 0 Å². The summed E-state index contributed by atoms with van der Waals surface area (Å²) in [6, 6.07) is 13.3. The normalized spacial score (nSPS) is 18.3. The molecule has 0 aliphatic carbocycles. The number of hydrogen-bond acceptors (Lipinski definition) is 6. The van der Waals surface area contributed by atoms with Gasteiger partial charge in [-0.1, -0.05) is 24.3 Å². The average Bonchev–Trinajstić information content (AvgIpc) is 3.16. The number of amides is 1. The second-order valence-electron chi connectivity index (χ2n) is 8.65. The number of para-hydroxylation sites is 1. The summed E-state index contributed by atoms with van der Waals surface area (Å²) in [5.74, 6) is -0.619. The molecule has 0 spiro atoms. The first kappa shape index (κ1) is 22.3. The van der Waals surface area contributed by atoms with E-state index in [2.05, 4.69) is 0 Å². The van der Waals surface area contributed by atoms with Crippen molar-refractivity contribution in [2.75, 3.05) is 46.5 Å². The van der Waals surface area contributed by atoms with Crippen molar-refractivity contribution in [3.8, 4) is 0 Å². The Hall–Kier alpha value is -3.49. The van der Waals surface area contributed by atoms with Crippen molar-refractivity contribution < 1.29 is 28.4 Å². The van der Waals surface area contributed by atoms with Gasteiger partial charge in [0.15, 0.2) is 5.43 Å². The van der Waals surface area contributed by atoms with Gasteiger partial charge < -0.3 is 23.7 Å². The monoisotopic (exact) mass is 463 g/mol. The molecule has 3 heterocycles. The van der Waals surface area contributed by atoms with Crippen LogP contribution in [0.25, 0.3) is 11.0 Å². The van der Waals surface area contributed by atoms with E-state index in [1.807, 2.05) is 0 Å². The molecule has 2 aromatic carbocycles. The number of esters is 1. The topological polar surface area (TPSA) is 90.5 Å². The predicted molar refractivity (Wildman–Crippen MR) is 124 cm³/mol. The van der Waals surface area contributed by atoms with Gasteiger partial charge in [-0.15, -0.1) is 0 Å². The molecule has 5 rings (SSSR count). The molecule has 1 aromatic heterocycles. The summed E-state index contributed by atoms with van der Waals surface area (Å²) in [5.41, 5.74) is 1.71. The number of ether oxygens (including phenoxy) is 2. The Morgan fingerprint density at radius 1 is 1.09 bits per heavy atom. The standard InChI is InChI=1S/C26H26N2O6/c1-32-26(31)18-9-7-17(8-10-18)22-21-23(29)19-5-2-3-6-20(19)34-24(21)25(30)28(22)12-4-11-27-13-15-33-16-14-27/h2-3,5-10,22H,4,11-16H2,1H3/p+1/t22-/m0/s1. The van der Waals surface area contributed by atoms with Crippen molar-refractivity contribution in [3.05, 3.63) is 81.2 Å². The van der Waals surface area contributed by atoms with Gasteiger partial charge >= 0.3 is 5.97 Å². The molecule has 1 saturated heterocycles. The Labute approximate surface area is 196 Å². The van der Waals surface area contributed by atoms with E-state index in [1.165, 1.54) is 12.0 Å². The minimum atomic E-state index is -0.574. The van der Waals surface area contributed by atoms with Crippen LogP contribution in [0.4, 0.5) is 0 Å². The van der Waals surface area contributed by atoms with Gasteiger partial charge in [0.05, 0.1) is 49.4 Å². The fourth-order valence-corrected chi connectivity index (χ4v) is 4.87. The van der Waals surface area contributed by atoms with Crippen LogP contribution in [-0.2, 0) is 9.47 Å². The molecule has 3 aromatic rings. The number of rotatable bonds is 6. The maximum absolute atomic E-state index is 13.5. The Balaban J connectivity index is 1.51. The summed E-state index contributed by atoms with van der Waals surface area (Å²) >= 11 is 0. The third-order valence-corrected chi connectivity index (χ3v) is 6.65. The Morgan fingerprint density at radius 3 is 2.56 bits per heavy atom. The molecule has 0 radical (unpaired) electrons. The van der Waals surface area contributed by atoms with Crippen LogP contribution in [0.2, 0.25) is 0 Å². The Kier molecular flexibility index (Phi) is 6.17. The predicted octanol–water partition coefficient (Wildman–Crippen LogP) is 1.43. The number of quaternary nitrogens is 1. The highest BCUT2D eigenvalue weighted by Crippen LogP contribution is 2.38. The van der Waals surface area contributed by atoms with E-state index in [1.54, 1.807) is 53.4 Å². The molecule has 8 heteroatoms. The molecule has 8 nitrogen and oxygen atoms in total. The number of nitrogens with zero attached hydrogens (tertiary/aromatic N) is 1. The Morgan fingerprint density at radius 2 is 1.82 bits per heavy atom. The fourth-order valence-electron chi connectivity index (χ4n) is 4.87. The second-order valence-corrected chi connectivity index (χ2v) is 8.65. The highest BCUT2D eigenvalue weighted by atomic mass is 16.5. The SMILES string of the molecule is COC(=O)c1ccc([C@H]2c3c(oc4ccccc4c3=O)C(=O)N2CCC[NH+]2CCOCC2)cc1. The number of morpholine rings is 1. The van der Waals surface area contributed by atoms with Gasteiger partial charge in [-0.3, -0.25) is 9.59 Å². The lowest BCUT2D eigenvalue weighted by Gasteiger charge is -2.27. The lowest BCUT2D eigenvalue weighted by Crippen LogP contribution is -3.14. The van der Waals surface area contributed by atoms with Gasteiger partial charge in [0.1, 0.15) is 18.7 Å². The van der Waals surface area contributed by atoms with Gasteiger partial charge in [-0.2, -0.15) is 0 Å². The van der Waals surface area contributed by atoms with E-state index in [0.717, 1.165) is 44.8 Å². The van der Waals surface area contributed by atoms with Gasteiger partial charge in [-0.05, 0) is 29.8 Å². The summed E-state index contributed by atoms with van der Waals surface area (Å²) in [5, 5.41) is 0.449. The quantitative estimate of drug-likeness (QED) is 0.557. The van der Waals surface area contributed by atoms with E-state index < -0.39 is 12.0 Å². The summed E-state index contributed by atoms with van der Waals surface area (Å²) in [7, 11) is 1.33. The zero-order valence-electron chi connectivity index (χ0n) is 19.0. The van der Waals surface area contributed by atoms with Crippen LogP contribution in [0.15, 0.2) is 57.7 Å². The van der Waals surface area contributed by atoms with Crippen molar-refractivity contribution in [2.24, 2.45) is 0 Å². The lowest BCUT2D eigenvalue weighted by atomic mass is 9.97. The highest BCUT2D eigenvalue weighted by Gasteiger charge is 2.42. The van der Waals surface area contributed by atoms with E-state index in [9.17, 15) is 14.4 Å². The zero-order valence-corrected chi connectivity index (χ0v) is 19.0. The van der Waals surface area contributed by atoms with Crippen molar-refractivity contribution in [3.63, 3.8) is 0 Å². The van der Waals surface area contributed by atoms with Gasteiger partial charge in [0.2, 0.25) is 5.76 Å². The largest absolute Gasteiger partial charge is 0.465 e. The molecular formula is C26H27N2O6+. The lowest BCUT2D eigenvalue weighted by molar-refractivity contribution is -0.908. The first-order valence-corrected chi connectivity index (χ1v) is 11.5. The molecular weight excluding hydrogens is 436 g/mol. The molecule has 1 atom stereocenters. The van der Waals surface area contributed by atoms with Crippen LogP contribution in [0.5, 0.6) is 0 Å². The number of hydrogen-bond donors (Lipinski definition) is 1. The molecule has 1 fully saturated rings. The summed E-state index contributed by atoms with van der Waals surface area (Å²) in [6.07, 6.45) is 0.791. The number of carbonyl (C=O) groups excluding carboxylic acids is 2. The molecule has 2 aliphatic heterocycles. The second kappa shape index (κ2) is 9.40. The van der Waals surface area contributed by atoms with E-state index >= 15 is 0 Å². The zero-order chi connectivity index (χ0) is 23.7. The minimum absolute atomic E-state index is 0.101. The molecule has 34 heavy (non-hydrogen) atoms. The molecule has 1 amide bonds. The molecule has 0 saturated carbocycles. The summed E-state index contributed by atoms with van der Waals surface area (Å²) in [4.78, 5) is 42.0. The van der Waals surface area contributed by atoms with Crippen LogP contribution in [0.3, 0.4) is 0 Å². The van der Waals surface area contributed by atoms with E-state index in [-0.39, 0.29) is 17.1 Å². The number of methoxy groups -OCH3 is 1. The van der Waals surface area contributed by atoms with Crippen molar-refractivity contribution in [2.45, 2.75) is 12.5 Å². The first-order valence-electron chi connectivity index (χ1n) is 11.5. The van der Waals surface area contributed by atoms with Crippen molar-refractivity contribution >= 4 is 22.8 Å². The third-order valence-electron chi connectivity index (χ3n) is 6.65. The van der Waals surface area contributed by atoms with Crippen LogP contribution in [-0.4, -0.2) is 63.3 Å². The maximum Gasteiger partial charge on any atom is 0.337 e. The molecule has 2 aliphatic rings. The van der Waals surface area contributed by atoms with Crippen LogP contribution < -0.4 is 10.3 Å². The van der Waals surface area contributed by atoms with E-state index in [4.69, 9.17) is 13.9 Å². The maximum atomic E-state index is 13.5. The van der Waals surface area contributed by atoms with Gasteiger partial charge in [0, 0.05) is 13.0 Å².